The highest BCUT2D eigenvalue weighted by atomic mass is 32.2. The zero-order valence-corrected chi connectivity index (χ0v) is 15.9. The fourth-order valence-corrected chi connectivity index (χ4v) is 4.72. The highest BCUT2D eigenvalue weighted by molar-refractivity contribution is 7.98. The van der Waals surface area contributed by atoms with Crippen LogP contribution in [0.2, 0.25) is 0 Å². The minimum absolute atomic E-state index is 0.461. The minimum Gasteiger partial charge on any atom is -0.416 e. The Balaban J connectivity index is 1.37. The summed E-state index contributed by atoms with van der Waals surface area (Å²) in [6.07, 6.45) is 6.24. The van der Waals surface area contributed by atoms with Crippen LogP contribution in [0.3, 0.4) is 0 Å². The van der Waals surface area contributed by atoms with E-state index in [4.69, 9.17) is 9.40 Å². The van der Waals surface area contributed by atoms with Crippen molar-refractivity contribution in [2.75, 3.05) is 0 Å². The Morgan fingerprint density at radius 3 is 2.72 bits per heavy atom. The van der Waals surface area contributed by atoms with E-state index in [9.17, 15) is 0 Å². The van der Waals surface area contributed by atoms with E-state index in [0.717, 1.165) is 22.3 Å². The third-order valence-electron chi connectivity index (χ3n) is 4.57. The Morgan fingerprint density at radius 1 is 1.12 bits per heavy atom. The van der Waals surface area contributed by atoms with Crippen LogP contribution in [0.25, 0.3) is 10.6 Å². The van der Waals surface area contributed by atoms with Gasteiger partial charge in [-0.1, -0.05) is 60.9 Å². The van der Waals surface area contributed by atoms with Crippen LogP contribution in [0.4, 0.5) is 0 Å². The second kappa shape index (κ2) is 7.70. The summed E-state index contributed by atoms with van der Waals surface area (Å²) in [6, 6.07) is 8.49. The molecule has 0 amide bonds. The van der Waals surface area contributed by atoms with Gasteiger partial charge in [-0.3, -0.25) is 0 Å². The SMILES string of the molecule is Cc1ccc(-c2nc(CSc3nnc(C4CCCCC4)o3)cs2)cc1. The Morgan fingerprint density at radius 2 is 1.92 bits per heavy atom. The first-order valence-corrected chi connectivity index (χ1v) is 10.6. The lowest BCUT2D eigenvalue weighted by atomic mass is 9.89. The van der Waals surface area contributed by atoms with Crippen molar-refractivity contribution in [1.29, 1.82) is 0 Å². The van der Waals surface area contributed by atoms with Gasteiger partial charge in [-0.05, 0) is 19.8 Å². The molecule has 3 aromatic rings. The minimum atomic E-state index is 0.461. The van der Waals surface area contributed by atoms with Crippen molar-refractivity contribution in [3.8, 4) is 10.6 Å². The van der Waals surface area contributed by atoms with Gasteiger partial charge in [0.05, 0.1) is 5.69 Å². The second-order valence-corrected chi connectivity index (χ2v) is 8.32. The third-order valence-corrected chi connectivity index (χ3v) is 6.36. The van der Waals surface area contributed by atoms with Gasteiger partial charge in [-0.15, -0.1) is 21.5 Å². The quantitative estimate of drug-likeness (QED) is 0.527. The van der Waals surface area contributed by atoms with Crippen LogP contribution in [0.5, 0.6) is 0 Å². The molecule has 1 aromatic carbocycles. The summed E-state index contributed by atoms with van der Waals surface area (Å²) in [7, 11) is 0. The molecule has 0 saturated heterocycles. The molecular formula is C19H21N3OS2. The van der Waals surface area contributed by atoms with E-state index in [2.05, 4.69) is 46.8 Å². The van der Waals surface area contributed by atoms with Gasteiger partial charge in [0.25, 0.3) is 5.22 Å². The number of thiazole rings is 1. The lowest BCUT2D eigenvalue weighted by Gasteiger charge is -2.17. The van der Waals surface area contributed by atoms with E-state index >= 15 is 0 Å². The van der Waals surface area contributed by atoms with Gasteiger partial charge in [0.2, 0.25) is 5.89 Å². The molecule has 4 rings (SSSR count). The molecule has 130 valence electrons. The molecule has 2 aromatic heterocycles. The Kier molecular flexibility index (Phi) is 5.17. The maximum atomic E-state index is 5.87. The fraction of sp³-hybridized carbons (Fsp3) is 0.421. The predicted octanol–water partition coefficient (Wildman–Crippen LogP) is 5.84. The molecule has 4 nitrogen and oxygen atoms in total. The molecule has 0 N–H and O–H groups in total. The van der Waals surface area contributed by atoms with E-state index in [1.165, 1.54) is 43.2 Å². The van der Waals surface area contributed by atoms with Gasteiger partial charge in [-0.25, -0.2) is 4.98 Å². The fourth-order valence-electron chi connectivity index (χ4n) is 3.13. The Hall–Kier alpha value is -1.66. The molecule has 1 aliphatic rings. The van der Waals surface area contributed by atoms with Gasteiger partial charge in [0.15, 0.2) is 0 Å². The summed E-state index contributed by atoms with van der Waals surface area (Å²) < 4.78 is 5.87. The number of aromatic nitrogens is 3. The van der Waals surface area contributed by atoms with Crippen LogP contribution in [0.1, 0.15) is 55.2 Å². The number of hydrogen-bond acceptors (Lipinski definition) is 6. The zero-order valence-electron chi connectivity index (χ0n) is 14.3. The van der Waals surface area contributed by atoms with Gasteiger partial charge in [-0.2, -0.15) is 0 Å². The number of benzene rings is 1. The zero-order chi connectivity index (χ0) is 17.1. The van der Waals surface area contributed by atoms with Crippen molar-refractivity contribution in [2.24, 2.45) is 0 Å². The Labute approximate surface area is 156 Å². The molecule has 25 heavy (non-hydrogen) atoms. The lowest BCUT2D eigenvalue weighted by Crippen LogP contribution is -2.04. The lowest BCUT2D eigenvalue weighted by molar-refractivity contribution is 0.334. The number of rotatable bonds is 5. The summed E-state index contributed by atoms with van der Waals surface area (Å²) in [5.74, 6) is 2.04. The first kappa shape index (κ1) is 16.8. The van der Waals surface area contributed by atoms with Crippen molar-refractivity contribution in [3.05, 3.63) is 46.8 Å². The van der Waals surface area contributed by atoms with Crippen LogP contribution in [-0.4, -0.2) is 15.2 Å². The maximum absolute atomic E-state index is 5.87. The second-order valence-electron chi connectivity index (χ2n) is 6.54. The summed E-state index contributed by atoms with van der Waals surface area (Å²) in [6.45, 7) is 2.10. The molecule has 6 heteroatoms. The van der Waals surface area contributed by atoms with Gasteiger partial charge in [0.1, 0.15) is 5.01 Å². The number of hydrogen-bond donors (Lipinski definition) is 0. The molecule has 0 aliphatic heterocycles. The molecule has 0 radical (unpaired) electrons. The normalized spacial score (nSPS) is 15.6. The molecule has 0 unspecified atom stereocenters. The monoisotopic (exact) mass is 371 g/mol. The first-order chi connectivity index (χ1) is 12.3. The van der Waals surface area contributed by atoms with Crippen molar-refractivity contribution in [2.45, 2.75) is 55.9 Å². The van der Waals surface area contributed by atoms with Crippen LogP contribution in [-0.2, 0) is 5.75 Å². The van der Waals surface area contributed by atoms with Crippen LogP contribution in [0, 0.1) is 6.92 Å². The molecule has 0 spiro atoms. The van der Waals surface area contributed by atoms with Crippen molar-refractivity contribution < 1.29 is 4.42 Å². The van der Waals surface area contributed by atoms with Crippen molar-refractivity contribution >= 4 is 23.1 Å². The summed E-state index contributed by atoms with van der Waals surface area (Å²) in [4.78, 5) is 4.73. The topological polar surface area (TPSA) is 51.8 Å². The van der Waals surface area contributed by atoms with Gasteiger partial charge < -0.3 is 4.42 Å². The predicted molar refractivity (Wildman–Crippen MR) is 102 cm³/mol. The van der Waals surface area contributed by atoms with Gasteiger partial charge >= 0.3 is 0 Å². The average molecular weight is 372 g/mol. The summed E-state index contributed by atoms with van der Waals surface area (Å²) in [5.41, 5.74) is 3.49. The molecule has 1 aliphatic carbocycles. The van der Waals surface area contributed by atoms with Crippen molar-refractivity contribution in [1.82, 2.24) is 15.2 Å². The third kappa shape index (κ3) is 4.12. The van der Waals surface area contributed by atoms with Crippen LogP contribution in [0.15, 0.2) is 39.3 Å². The Bertz CT molecular complexity index is 819. The maximum Gasteiger partial charge on any atom is 0.276 e. The highest BCUT2D eigenvalue weighted by Gasteiger charge is 2.21. The molecule has 0 bridgehead atoms. The summed E-state index contributed by atoms with van der Waals surface area (Å²) >= 11 is 3.25. The summed E-state index contributed by atoms with van der Waals surface area (Å²) in [5, 5.41) is 12.3. The van der Waals surface area contributed by atoms with E-state index < -0.39 is 0 Å². The standard InChI is InChI=1S/C19H21N3OS2/c1-13-7-9-15(10-8-13)18-20-16(11-24-18)12-25-19-22-21-17(23-19)14-5-3-2-4-6-14/h7-11,14H,2-6,12H2,1H3. The molecule has 1 saturated carbocycles. The highest BCUT2D eigenvalue weighted by Crippen LogP contribution is 2.33. The van der Waals surface area contributed by atoms with Crippen LogP contribution >= 0.6 is 23.1 Å². The van der Waals surface area contributed by atoms with E-state index in [-0.39, 0.29) is 0 Å². The van der Waals surface area contributed by atoms with E-state index in [0.29, 0.717) is 11.1 Å². The smallest absolute Gasteiger partial charge is 0.276 e. The molecule has 1 fully saturated rings. The van der Waals surface area contributed by atoms with E-state index in [1.54, 1.807) is 23.1 Å². The average Bonchev–Trinajstić information content (AvgIpc) is 3.31. The number of nitrogens with zero attached hydrogens (tertiary/aromatic N) is 3. The molecular weight excluding hydrogens is 350 g/mol. The molecule has 0 atom stereocenters. The largest absolute Gasteiger partial charge is 0.416 e. The van der Waals surface area contributed by atoms with Crippen molar-refractivity contribution in [3.63, 3.8) is 0 Å². The molecule has 2 heterocycles. The number of thioether (sulfide) groups is 1. The van der Waals surface area contributed by atoms with Gasteiger partial charge in [0, 0.05) is 22.6 Å². The van der Waals surface area contributed by atoms with E-state index in [1.807, 2.05) is 0 Å². The number of aryl methyl sites for hydroxylation is 1. The van der Waals surface area contributed by atoms with Crippen LogP contribution < -0.4 is 0 Å². The first-order valence-electron chi connectivity index (χ1n) is 8.75.